The van der Waals surface area contributed by atoms with Crippen LogP contribution < -0.4 is 14.8 Å². The Balaban J connectivity index is 2.07. The maximum atomic E-state index is 5.11. The molecule has 0 unspecified atom stereocenters. The van der Waals surface area contributed by atoms with Gasteiger partial charge < -0.3 is 4.90 Å². The van der Waals surface area contributed by atoms with Crippen LogP contribution in [0.2, 0.25) is 0 Å². The van der Waals surface area contributed by atoms with Crippen molar-refractivity contribution in [1.29, 1.82) is 0 Å². The minimum atomic E-state index is 1.01. The number of fused-ring (bicyclic) bond motifs is 4. The van der Waals surface area contributed by atoms with Crippen LogP contribution >= 0.6 is 11.3 Å². The first kappa shape index (κ1) is 21.7. The van der Waals surface area contributed by atoms with Gasteiger partial charge in [-0.25, -0.2) is 14.5 Å². The van der Waals surface area contributed by atoms with Crippen LogP contribution in [0.3, 0.4) is 0 Å². The second-order valence-electron chi connectivity index (χ2n) is 8.12. The van der Waals surface area contributed by atoms with Gasteiger partial charge in [0, 0.05) is 48.8 Å². The molecular formula is C26H33N4S+. The molecule has 0 amide bonds. The molecule has 2 heterocycles. The third-order valence-electron chi connectivity index (χ3n) is 5.89. The highest BCUT2D eigenvalue weighted by Gasteiger charge is 2.19. The quantitative estimate of drug-likeness (QED) is 0.213. The normalized spacial score (nSPS) is 11.5. The van der Waals surface area contributed by atoms with Crippen LogP contribution in [0.25, 0.3) is 31.7 Å². The number of pyridine rings is 1. The predicted molar refractivity (Wildman–Crippen MR) is 135 cm³/mol. The lowest BCUT2D eigenvalue weighted by Gasteiger charge is -2.21. The number of benzene rings is 2. The molecule has 2 aliphatic rings. The summed E-state index contributed by atoms with van der Waals surface area (Å²) in [4.78, 5) is 13.7. The molecule has 0 saturated heterocycles. The lowest BCUT2D eigenvalue weighted by molar-refractivity contribution is 0.559. The van der Waals surface area contributed by atoms with Gasteiger partial charge in [0.15, 0.2) is 0 Å². The lowest BCUT2D eigenvalue weighted by Crippen LogP contribution is -2.32. The zero-order valence-electron chi connectivity index (χ0n) is 19.4. The molecule has 0 saturated carbocycles. The highest BCUT2D eigenvalue weighted by atomic mass is 32.1. The molecule has 0 fully saturated rings. The molecule has 31 heavy (non-hydrogen) atoms. The molecule has 4 rings (SSSR count). The van der Waals surface area contributed by atoms with Gasteiger partial charge in [0.2, 0.25) is 5.36 Å². The molecular weight excluding hydrogens is 400 g/mol. The van der Waals surface area contributed by atoms with Gasteiger partial charge >= 0.3 is 0 Å². The molecule has 0 radical (unpaired) electrons. The number of aryl methyl sites for hydroxylation is 1. The van der Waals surface area contributed by atoms with Gasteiger partial charge in [0.05, 0.1) is 20.8 Å². The Kier molecular flexibility index (Phi) is 6.51. The van der Waals surface area contributed by atoms with Crippen molar-refractivity contribution < 1.29 is 0 Å². The maximum absolute atomic E-state index is 5.11. The second-order valence-corrected chi connectivity index (χ2v) is 9.20. The SMILES string of the molecule is CCC[N+](CCC)=c1cc2sc3cc(N(CC)CC)ccc3nc-2c2ccc(C)nc12. The monoisotopic (exact) mass is 433 g/mol. The lowest BCUT2D eigenvalue weighted by atomic mass is 10.1. The summed E-state index contributed by atoms with van der Waals surface area (Å²) in [5.74, 6) is 0. The Hall–Kier alpha value is -2.53. The minimum Gasteiger partial charge on any atom is -0.372 e. The average molecular weight is 434 g/mol. The Morgan fingerprint density at radius 3 is 2.32 bits per heavy atom. The van der Waals surface area contributed by atoms with Gasteiger partial charge in [-0.2, -0.15) is 0 Å². The summed E-state index contributed by atoms with van der Waals surface area (Å²) >= 11 is 1.85. The van der Waals surface area contributed by atoms with Crippen LogP contribution in [0.1, 0.15) is 46.2 Å². The number of anilines is 1. The molecule has 2 aromatic rings. The van der Waals surface area contributed by atoms with E-state index in [0.29, 0.717) is 0 Å². The fourth-order valence-corrected chi connectivity index (χ4v) is 5.42. The van der Waals surface area contributed by atoms with E-state index in [1.165, 1.54) is 20.6 Å². The Labute approximate surface area is 189 Å². The van der Waals surface area contributed by atoms with Gasteiger partial charge in [0.1, 0.15) is 18.6 Å². The van der Waals surface area contributed by atoms with Crippen LogP contribution in [0.5, 0.6) is 0 Å². The number of nitrogens with zero attached hydrogens (tertiary/aromatic N) is 4. The first-order valence-corrected chi connectivity index (χ1v) is 12.4. The van der Waals surface area contributed by atoms with Crippen LogP contribution in [-0.4, -0.2) is 36.1 Å². The van der Waals surface area contributed by atoms with Crippen molar-refractivity contribution in [3.63, 3.8) is 0 Å². The Morgan fingerprint density at radius 2 is 1.65 bits per heavy atom. The number of hydrogen-bond acceptors (Lipinski definition) is 4. The molecule has 162 valence electrons. The summed E-state index contributed by atoms with van der Waals surface area (Å²) in [6.45, 7) is 15.1. The summed E-state index contributed by atoms with van der Waals surface area (Å²) in [6.07, 6.45) is 2.25. The highest BCUT2D eigenvalue weighted by molar-refractivity contribution is 7.21. The van der Waals surface area contributed by atoms with Crippen molar-refractivity contribution >= 4 is 38.1 Å². The van der Waals surface area contributed by atoms with Crippen molar-refractivity contribution in [2.24, 2.45) is 0 Å². The zero-order valence-corrected chi connectivity index (χ0v) is 20.2. The predicted octanol–water partition coefficient (Wildman–Crippen LogP) is 5.70. The first-order chi connectivity index (χ1) is 15.1. The summed E-state index contributed by atoms with van der Waals surface area (Å²) < 4.78 is 3.73. The topological polar surface area (TPSA) is 32.0 Å². The van der Waals surface area contributed by atoms with E-state index in [4.69, 9.17) is 9.97 Å². The van der Waals surface area contributed by atoms with Crippen LogP contribution in [0.4, 0.5) is 5.69 Å². The molecule has 1 aromatic heterocycles. The molecule has 1 aliphatic heterocycles. The molecule has 1 aliphatic carbocycles. The number of rotatable bonds is 7. The smallest absolute Gasteiger partial charge is 0.228 e. The van der Waals surface area contributed by atoms with E-state index >= 15 is 0 Å². The highest BCUT2D eigenvalue weighted by Crippen LogP contribution is 2.35. The third-order valence-corrected chi connectivity index (χ3v) is 6.96. The van der Waals surface area contributed by atoms with Crippen molar-refractivity contribution in [3.05, 3.63) is 47.4 Å². The van der Waals surface area contributed by atoms with Crippen molar-refractivity contribution in [2.45, 2.75) is 47.5 Å². The number of aromatic nitrogens is 2. The van der Waals surface area contributed by atoms with Crippen LogP contribution in [0.15, 0.2) is 36.4 Å². The van der Waals surface area contributed by atoms with E-state index in [2.05, 4.69) is 80.5 Å². The molecule has 0 spiro atoms. The van der Waals surface area contributed by atoms with E-state index in [1.54, 1.807) is 0 Å². The summed E-state index contributed by atoms with van der Waals surface area (Å²) in [5, 5.41) is 2.40. The first-order valence-electron chi connectivity index (χ1n) is 11.6. The van der Waals surface area contributed by atoms with Gasteiger partial charge in [0.25, 0.3) is 0 Å². The van der Waals surface area contributed by atoms with E-state index in [1.807, 2.05) is 11.3 Å². The summed E-state index contributed by atoms with van der Waals surface area (Å²) in [6, 6.07) is 13.3. The zero-order chi connectivity index (χ0) is 22.0. The molecule has 0 atom stereocenters. The summed E-state index contributed by atoms with van der Waals surface area (Å²) in [5.41, 5.74) is 5.52. The molecule has 4 nitrogen and oxygen atoms in total. The van der Waals surface area contributed by atoms with Crippen molar-refractivity contribution in [1.82, 2.24) is 14.5 Å². The van der Waals surface area contributed by atoms with Crippen LogP contribution in [0, 0.1) is 6.92 Å². The standard InChI is InChI=1S/C26H33N4S/c1-6-14-30(15-7-2)22-17-24-26(20-12-10-18(5)27-25(20)22)28-21-13-11-19(16-23(21)31-24)29(8-3)9-4/h10-13,16-17H,6-9,14-15H2,1-5H3/q+1. The fraction of sp³-hybridized carbons (Fsp3) is 0.423. The van der Waals surface area contributed by atoms with Gasteiger partial charge in [-0.3, -0.25) is 0 Å². The fourth-order valence-electron chi connectivity index (χ4n) is 4.36. The maximum Gasteiger partial charge on any atom is 0.228 e. The molecule has 1 aromatic carbocycles. The van der Waals surface area contributed by atoms with E-state index in [0.717, 1.165) is 66.8 Å². The summed E-state index contributed by atoms with van der Waals surface area (Å²) in [7, 11) is 0. The Morgan fingerprint density at radius 1 is 0.903 bits per heavy atom. The van der Waals surface area contributed by atoms with Crippen LogP contribution in [-0.2, 0) is 0 Å². The number of hydrogen-bond donors (Lipinski definition) is 0. The van der Waals surface area contributed by atoms with E-state index in [9.17, 15) is 0 Å². The minimum absolute atomic E-state index is 1.01. The van der Waals surface area contributed by atoms with E-state index in [-0.39, 0.29) is 0 Å². The third kappa shape index (κ3) is 4.16. The van der Waals surface area contributed by atoms with Crippen molar-refractivity contribution in [3.8, 4) is 10.6 Å². The van der Waals surface area contributed by atoms with Crippen molar-refractivity contribution in [2.75, 3.05) is 31.1 Å². The molecule has 5 heteroatoms. The van der Waals surface area contributed by atoms with Gasteiger partial charge in [-0.1, -0.05) is 13.8 Å². The van der Waals surface area contributed by atoms with Gasteiger partial charge in [-0.05, 0) is 51.1 Å². The average Bonchev–Trinajstić information content (AvgIpc) is 2.78. The second kappa shape index (κ2) is 9.31. The molecule has 0 N–H and O–H groups in total. The van der Waals surface area contributed by atoms with Gasteiger partial charge in [-0.15, -0.1) is 11.3 Å². The largest absolute Gasteiger partial charge is 0.372 e. The molecule has 0 bridgehead atoms. The Bertz CT molecular complexity index is 1250. The van der Waals surface area contributed by atoms with E-state index < -0.39 is 0 Å².